The topological polar surface area (TPSA) is 78.9 Å². The summed E-state index contributed by atoms with van der Waals surface area (Å²) in [5.41, 5.74) is 3.45. The van der Waals surface area contributed by atoms with Gasteiger partial charge in [-0.2, -0.15) is 0 Å². The van der Waals surface area contributed by atoms with Gasteiger partial charge < -0.3 is 14.2 Å². The molecule has 0 aliphatic heterocycles. The maximum Gasteiger partial charge on any atom is 0.343 e. The summed E-state index contributed by atoms with van der Waals surface area (Å²) in [6.07, 6.45) is 5.27. The van der Waals surface area contributed by atoms with Crippen LogP contribution in [0.3, 0.4) is 0 Å². The first-order chi connectivity index (χ1) is 21.9. The first-order valence-electron chi connectivity index (χ1n) is 15.9. The van der Waals surface area contributed by atoms with Crippen LogP contribution in [0.1, 0.15) is 87.1 Å². The number of hydrogen-bond acceptors (Lipinski definition) is 6. The standard InChI is InChI=1S/C39H36O6/c1-39-24-23-29-28-19-21-33(43-36(40)25-11-5-2-6-12-25)35(45-38(42)27-15-9-4-10-16-27)31(28)18-17-30(29)32(39)20-22-34(39)44-37(41)26-13-7-3-8-14-26/h2-16,19,21,29-30,32,34H,17-18,20,22-24H2,1H3/t29-,30-,32+,34+,39+/m1/s1. The predicted octanol–water partition coefficient (Wildman–Crippen LogP) is 8.21. The van der Waals surface area contributed by atoms with Crippen molar-refractivity contribution in [1.82, 2.24) is 0 Å². The van der Waals surface area contributed by atoms with Crippen molar-refractivity contribution in [1.29, 1.82) is 0 Å². The van der Waals surface area contributed by atoms with Gasteiger partial charge in [-0.3, -0.25) is 0 Å². The van der Waals surface area contributed by atoms with Crippen LogP contribution in [0.15, 0.2) is 103 Å². The van der Waals surface area contributed by atoms with Gasteiger partial charge in [0.2, 0.25) is 0 Å². The van der Waals surface area contributed by atoms with Crippen molar-refractivity contribution in [3.8, 4) is 11.5 Å². The summed E-state index contributed by atoms with van der Waals surface area (Å²) in [7, 11) is 0. The molecule has 3 aliphatic rings. The van der Waals surface area contributed by atoms with E-state index in [9.17, 15) is 14.4 Å². The lowest BCUT2D eigenvalue weighted by Crippen LogP contribution is -2.45. The van der Waals surface area contributed by atoms with Crippen molar-refractivity contribution in [3.63, 3.8) is 0 Å². The Morgan fingerprint density at radius 1 is 0.644 bits per heavy atom. The van der Waals surface area contributed by atoms with Gasteiger partial charge in [0.05, 0.1) is 16.7 Å². The van der Waals surface area contributed by atoms with Crippen LogP contribution in [0.2, 0.25) is 0 Å². The van der Waals surface area contributed by atoms with Gasteiger partial charge in [0.1, 0.15) is 6.10 Å². The van der Waals surface area contributed by atoms with Crippen molar-refractivity contribution in [2.24, 2.45) is 17.3 Å². The second-order valence-electron chi connectivity index (χ2n) is 12.8. The maximum atomic E-state index is 13.3. The van der Waals surface area contributed by atoms with Crippen LogP contribution in [0.4, 0.5) is 0 Å². The highest BCUT2D eigenvalue weighted by Gasteiger charge is 2.56. The van der Waals surface area contributed by atoms with E-state index in [2.05, 4.69) is 13.0 Å². The van der Waals surface area contributed by atoms with Gasteiger partial charge in [-0.15, -0.1) is 0 Å². The molecule has 7 rings (SSSR count). The molecule has 0 saturated heterocycles. The third-order valence-corrected chi connectivity index (χ3v) is 10.4. The summed E-state index contributed by atoms with van der Waals surface area (Å²) in [5, 5.41) is 0. The highest BCUT2D eigenvalue weighted by Crippen LogP contribution is 2.62. The summed E-state index contributed by atoms with van der Waals surface area (Å²) in [6.45, 7) is 2.30. The molecule has 4 aromatic rings. The molecular weight excluding hydrogens is 564 g/mol. The molecule has 2 saturated carbocycles. The van der Waals surface area contributed by atoms with Crippen molar-refractivity contribution in [2.45, 2.75) is 57.5 Å². The van der Waals surface area contributed by atoms with Crippen LogP contribution in [-0.4, -0.2) is 24.0 Å². The molecule has 0 aromatic heterocycles. The first kappa shape index (κ1) is 29.0. The molecule has 5 atom stereocenters. The number of benzene rings is 4. The minimum Gasteiger partial charge on any atom is -0.458 e. The second-order valence-corrected chi connectivity index (χ2v) is 12.8. The van der Waals surface area contributed by atoms with E-state index in [1.807, 2.05) is 30.3 Å². The van der Waals surface area contributed by atoms with Gasteiger partial charge in [0.15, 0.2) is 11.5 Å². The van der Waals surface area contributed by atoms with Crippen LogP contribution < -0.4 is 9.47 Å². The van der Waals surface area contributed by atoms with Gasteiger partial charge in [-0.1, -0.05) is 67.6 Å². The second kappa shape index (κ2) is 12.0. The van der Waals surface area contributed by atoms with E-state index in [1.54, 1.807) is 66.7 Å². The Balaban J connectivity index is 1.17. The molecule has 0 amide bonds. The normalized spacial score (nSPS) is 24.8. The Morgan fingerprint density at radius 2 is 1.22 bits per heavy atom. The minimum atomic E-state index is -0.503. The number of rotatable bonds is 6. The molecule has 0 radical (unpaired) electrons. The number of fused-ring (bicyclic) bond motifs is 5. The Morgan fingerprint density at radius 3 is 1.84 bits per heavy atom. The van der Waals surface area contributed by atoms with Crippen LogP contribution in [0, 0.1) is 17.3 Å². The zero-order valence-corrected chi connectivity index (χ0v) is 25.3. The largest absolute Gasteiger partial charge is 0.458 e. The molecule has 0 heterocycles. The van der Waals surface area contributed by atoms with E-state index in [1.165, 1.54) is 0 Å². The van der Waals surface area contributed by atoms with Gasteiger partial charge in [-0.05, 0) is 104 Å². The van der Waals surface area contributed by atoms with Crippen LogP contribution in [0.25, 0.3) is 0 Å². The lowest BCUT2D eigenvalue weighted by Gasteiger charge is -2.50. The third-order valence-electron chi connectivity index (χ3n) is 10.4. The van der Waals surface area contributed by atoms with Crippen LogP contribution >= 0.6 is 0 Å². The van der Waals surface area contributed by atoms with E-state index >= 15 is 0 Å². The fourth-order valence-corrected chi connectivity index (χ4v) is 8.18. The van der Waals surface area contributed by atoms with E-state index in [0.717, 1.165) is 43.2 Å². The number of carbonyl (C=O) groups is 3. The van der Waals surface area contributed by atoms with Crippen molar-refractivity contribution in [2.75, 3.05) is 0 Å². The number of esters is 3. The Hall–Kier alpha value is -4.71. The molecule has 45 heavy (non-hydrogen) atoms. The summed E-state index contributed by atoms with van der Waals surface area (Å²) in [6, 6.07) is 30.8. The zero-order chi connectivity index (χ0) is 31.0. The average molecular weight is 601 g/mol. The quantitative estimate of drug-likeness (QED) is 0.164. The zero-order valence-electron chi connectivity index (χ0n) is 25.3. The molecular formula is C39H36O6. The lowest BCUT2D eigenvalue weighted by atomic mass is 9.55. The fraction of sp³-hybridized carbons (Fsp3) is 0.308. The van der Waals surface area contributed by atoms with Gasteiger partial charge in [0, 0.05) is 11.0 Å². The number of carbonyl (C=O) groups excluding carboxylic acids is 3. The molecule has 6 nitrogen and oxygen atoms in total. The predicted molar refractivity (Wildman–Crippen MR) is 170 cm³/mol. The Labute approximate surface area is 263 Å². The van der Waals surface area contributed by atoms with E-state index in [4.69, 9.17) is 14.2 Å². The molecule has 0 bridgehead atoms. The maximum absolute atomic E-state index is 13.3. The number of hydrogen-bond donors (Lipinski definition) is 0. The summed E-state index contributed by atoms with van der Waals surface area (Å²) in [4.78, 5) is 39.4. The van der Waals surface area contributed by atoms with E-state index in [-0.39, 0.29) is 29.2 Å². The third kappa shape index (κ3) is 5.43. The Bertz CT molecular complexity index is 1720. The smallest absolute Gasteiger partial charge is 0.343 e. The fourth-order valence-electron chi connectivity index (χ4n) is 8.18. The molecule has 3 aliphatic carbocycles. The Kier molecular flexibility index (Phi) is 7.74. The molecule has 6 heteroatoms. The van der Waals surface area contributed by atoms with Crippen molar-refractivity contribution >= 4 is 17.9 Å². The van der Waals surface area contributed by atoms with Crippen molar-refractivity contribution < 1.29 is 28.6 Å². The lowest BCUT2D eigenvalue weighted by molar-refractivity contribution is -0.0428. The van der Waals surface area contributed by atoms with Crippen LogP contribution in [0.5, 0.6) is 11.5 Å². The highest BCUT2D eigenvalue weighted by molar-refractivity contribution is 5.93. The summed E-state index contributed by atoms with van der Waals surface area (Å²) in [5.74, 6) is 0.466. The molecule has 228 valence electrons. The van der Waals surface area contributed by atoms with E-state index < -0.39 is 11.9 Å². The SMILES string of the molecule is C[C@]12CC[C@@H]3c4ccc(OC(=O)c5ccccc5)c(OC(=O)c5ccccc5)c4CC[C@H]3[C@@H]1CC[C@@H]2OC(=O)c1ccccc1. The molecule has 2 fully saturated rings. The molecule has 0 unspecified atom stereocenters. The van der Waals surface area contributed by atoms with E-state index in [0.29, 0.717) is 40.7 Å². The van der Waals surface area contributed by atoms with Crippen molar-refractivity contribution in [3.05, 3.63) is 131 Å². The number of ether oxygens (including phenoxy) is 3. The minimum absolute atomic E-state index is 0.0864. The van der Waals surface area contributed by atoms with Gasteiger partial charge >= 0.3 is 17.9 Å². The van der Waals surface area contributed by atoms with Gasteiger partial charge in [-0.25, -0.2) is 14.4 Å². The summed E-state index contributed by atoms with van der Waals surface area (Å²) < 4.78 is 18.1. The summed E-state index contributed by atoms with van der Waals surface area (Å²) >= 11 is 0. The molecule has 0 N–H and O–H groups in total. The van der Waals surface area contributed by atoms with Gasteiger partial charge in [0.25, 0.3) is 0 Å². The molecule has 4 aromatic carbocycles. The highest BCUT2D eigenvalue weighted by atomic mass is 16.6. The molecule has 0 spiro atoms. The average Bonchev–Trinajstić information content (AvgIpc) is 3.42. The van der Waals surface area contributed by atoms with Crippen LogP contribution in [-0.2, 0) is 11.2 Å². The first-order valence-corrected chi connectivity index (χ1v) is 15.9. The monoisotopic (exact) mass is 600 g/mol.